The molecule has 2 bridgehead atoms. The number of hydrogen-bond acceptors (Lipinski definition) is 4. The van der Waals surface area contributed by atoms with Crippen LogP contribution in [0.15, 0.2) is 29.2 Å². The summed E-state index contributed by atoms with van der Waals surface area (Å²) in [5.74, 6) is 2.97. The summed E-state index contributed by atoms with van der Waals surface area (Å²) in [7, 11) is -3.52. The van der Waals surface area contributed by atoms with Crippen molar-refractivity contribution in [2.45, 2.75) is 57.4 Å². The van der Waals surface area contributed by atoms with Crippen molar-refractivity contribution in [1.82, 2.24) is 19.1 Å². The van der Waals surface area contributed by atoms with Gasteiger partial charge in [0.05, 0.1) is 4.90 Å². The van der Waals surface area contributed by atoms with E-state index in [-0.39, 0.29) is 6.04 Å². The zero-order valence-electron chi connectivity index (χ0n) is 17.3. The van der Waals surface area contributed by atoms with Gasteiger partial charge in [-0.3, -0.25) is 9.67 Å². The fourth-order valence-electron chi connectivity index (χ4n) is 5.47. The highest BCUT2D eigenvalue weighted by Gasteiger charge is 2.43. The van der Waals surface area contributed by atoms with Gasteiger partial charge in [-0.2, -0.15) is 9.40 Å². The lowest BCUT2D eigenvalue weighted by Gasteiger charge is -2.29. The monoisotopic (exact) mass is 434 g/mol. The Morgan fingerprint density at radius 1 is 1.28 bits per heavy atom. The summed E-state index contributed by atoms with van der Waals surface area (Å²) in [6.07, 6.45) is 5.28. The third-order valence-electron chi connectivity index (χ3n) is 6.96. The number of nitrogens with one attached hydrogen (secondary N) is 1. The summed E-state index contributed by atoms with van der Waals surface area (Å²) in [5.41, 5.74) is 0.778. The van der Waals surface area contributed by atoms with Crippen molar-refractivity contribution >= 4 is 22.2 Å². The van der Waals surface area contributed by atoms with Crippen molar-refractivity contribution < 1.29 is 8.42 Å². The molecule has 0 saturated heterocycles. The molecule has 2 saturated carbocycles. The first-order valence-corrected chi connectivity index (χ1v) is 12.5. The number of nitrogens with zero attached hydrogens (tertiary/aromatic N) is 3. The average Bonchev–Trinajstić information content (AvgIpc) is 3.44. The number of aromatic nitrogens is 3. The van der Waals surface area contributed by atoms with Crippen LogP contribution in [0.3, 0.4) is 0 Å². The van der Waals surface area contributed by atoms with Gasteiger partial charge in [-0.05, 0) is 68.3 Å². The molecule has 0 aliphatic heterocycles. The molecule has 0 spiro atoms. The summed E-state index contributed by atoms with van der Waals surface area (Å²) < 4.78 is 30.1. The quantitative estimate of drug-likeness (QED) is 0.645. The molecule has 4 rings (SSSR count). The van der Waals surface area contributed by atoms with Crippen LogP contribution in [0.4, 0.5) is 0 Å². The van der Waals surface area contributed by atoms with E-state index in [9.17, 15) is 8.42 Å². The Bertz CT molecular complexity index is 1040. The van der Waals surface area contributed by atoms with Crippen LogP contribution >= 0.6 is 12.2 Å². The molecule has 2 aromatic rings. The molecule has 2 aliphatic carbocycles. The normalized spacial score (nSPS) is 25.0. The van der Waals surface area contributed by atoms with E-state index in [4.69, 9.17) is 12.2 Å². The maximum absolute atomic E-state index is 13.0. The third kappa shape index (κ3) is 3.59. The van der Waals surface area contributed by atoms with Crippen molar-refractivity contribution in [2.75, 3.05) is 13.1 Å². The molecule has 0 radical (unpaired) electrons. The van der Waals surface area contributed by atoms with Crippen molar-refractivity contribution in [3.8, 4) is 11.4 Å². The van der Waals surface area contributed by atoms with Crippen LogP contribution in [0.2, 0.25) is 0 Å². The van der Waals surface area contributed by atoms with Gasteiger partial charge in [-0.15, -0.1) is 0 Å². The number of hydrogen-bond donors (Lipinski definition) is 1. The van der Waals surface area contributed by atoms with Crippen molar-refractivity contribution in [3.05, 3.63) is 29.0 Å². The molecule has 4 atom stereocenters. The molecule has 29 heavy (non-hydrogen) atoms. The first kappa shape index (κ1) is 20.8. The minimum atomic E-state index is -3.52. The van der Waals surface area contributed by atoms with Crippen LogP contribution in [0.1, 0.15) is 52.5 Å². The van der Waals surface area contributed by atoms with E-state index in [1.807, 2.05) is 19.9 Å². The zero-order valence-corrected chi connectivity index (χ0v) is 19.0. The van der Waals surface area contributed by atoms with Gasteiger partial charge in [0.2, 0.25) is 10.0 Å². The standard InChI is InChI=1S/C21H30N4O2S2/c1-4-24(5-2)29(26,27)18-8-6-7-17(13-18)20-22-23-21(28)25(20)14(3)19-12-15-9-10-16(19)11-15/h6-8,13-16,19H,4-5,9-12H2,1-3H3,(H,23,28)/t14-,15-,16-,19-/m1/s1. The Balaban J connectivity index is 1.71. The second kappa shape index (κ2) is 7.96. The number of benzene rings is 1. The van der Waals surface area contributed by atoms with Gasteiger partial charge in [0.25, 0.3) is 0 Å². The number of H-pyrrole nitrogens is 1. The van der Waals surface area contributed by atoms with E-state index in [1.165, 1.54) is 30.0 Å². The molecular weight excluding hydrogens is 404 g/mol. The highest BCUT2D eigenvalue weighted by atomic mass is 32.2. The molecule has 1 aromatic carbocycles. The predicted molar refractivity (Wildman–Crippen MR) is 117 cm³/mol. The van der Waals surface area contributed by atoms with E-state index in [1.54, 1.807) is 18.2 Å². The Morgan fingerprint density at radius 2 is 2.03 bits per heavy atom. The highest BCUT2D eigenvalue weighted by molar-refractivity contribution is 7.89. The average molecular weight is 435 g/mol. The van der Waals surface area contributed by atoms with Crippen LogP contribution in [-0.4, -0.2) is 40.6 Å². The molecule has 1 N–H and O–H groups in total. The van der Waals surface area contributed by atoms with Gasteiger partial charge in [-0.1, -0.05) is 32.4 Å². The fourth-order valence-corrected chi connectivity index (χ4v) is 7.27. The molecule has 158 valence electrons. The molecule has 2 aliphatic rings. The van der Waals surface area contributed by atoms with Gasteiger partial charge in [-0.25, -0.2) is 8.42 Å². The van der Waals surface area contributed by atoms with Crippen LogP contribution in [0.5, 0.6) is 0 Å². The first-order chi connectivity index (χ1) is 13.9. The summed E-state index contributed by atoms with van der Waals surface area (Å²) in [5, 5.41) is 7.43. The Labute approximate surface area is 178 Å². The summed E-state index contributed by atoms with van der Waals surface area (Å²) >= 11 is 5.57. The van der Waals surface area contributed by atoms with Gasteiger partial charge in [0, 0.05) is 24.7 Å². The van der Waals surface area contributed by atoms with E-state index in [2.05, 4.69) is 21.7 Å². The lowest BCUT2D eigenvalue weighted by Crippen LogP contribution is -2.30. The fraction of sp³-hybridized carbons (Fsp3) is 0.619. The number of aromatic amines is 1. The van der Waals surface area contributed by atoms with Crippen LogP contribution in [-0.2, 0) is 10.0 Å². The molecular formula is C21H30N4O2S2. The number of rotatable bonds is 7. The van der Waals surface area contributed by atoms with Gasteiger partial charge in [0.15, 0.2) is 10.6 Å². The lowest BCUT2D eigenvalue weighted by atomic mass is 9.84. The maximum Gasteiger partial charge on any atom is 0.243 e. The molecule has 0 amide bonds. The first-order valence-electron chi connectivity index (χ1n) is 10.6. The van der Waals surface area contributed by atoms with Crippen molar-refractivity contribution in [3.63, 3.8) is 0 Å². The summed E-state index contributed by atoms with van der Waals surface area (Å²) in [6.45, 7) is 6.84. The second-order valence-electron chi connectivity index (χ2n) is 8.42. The molecule has 2 fully saturated rings. The van der Waals surface area contributed by atoms with E-state index < -0.39 is 10.0 Å². The minimum absolute atomic E-state index is 0.245. The van der Waals surface area contributed by atoms with Gasteiger partial charge >= 0.3 is 0 Å². The van der Waals surface area contributed by atoms with Crippen LogP contribution in [0, 0.1) is 22.5 Å². The molecule has 1 heterocycles. The molecule has 0 unspecified atom stereocenters. The second-order valence-corrected chi connectivity index (χ2v) is 10.7. The van der Waals surface area contributed by atoms with Crippen molar-refractivity contribution in [2.24, 2.45) is 17.8 Å². The Hall–Kier alpha value is -1.51. The number of fused-ring (bicyclic) bond motifs is 2. The van der Waals surface area contributed by atoms with Gasteiger partial charge < -0.3 is 0 Å². The zero-order chi connectivity index (χ0) is 20.8. The van der Waals surface area contributed by atoms with Crippen molar-refractivity contribution in [1.29, 1.82) is 0 Å². The minimum Gasteiger partial charge on any atom is -0.297 e. The smallest absolute Gasteiger partial charge is 0.243 e. The maximum atomic E-state index is 13.0. The highest BCUT2D eigenvalue weighted by Crippen LogP contribution is 2.52. The van der Waals surface area contributed by atoms with Crippen LogP contribution < -0.4 is 0 Å². The summed E-state index contributed by atoms with van der Waals surface area (Å²) in [6, 6.07) is 7.33. The third-order valence-corrected chi connectivity index (χ3v) is 9.29. The summed E-state index contributed by atoms with van der Waals surface area (Å²) in [4.78, 5) is 0.298. The van der Waals surface area contributed by atoms with Crippen LogP contribution in [0.25, 0.3) is 11.4 Å². The largest absolute Gasteiger partial charge is 0.297 e. The Morgan fingerprint density at radius 3 is 2.66 bits per heavy atom. The van der Waals surface area contributed by atoms with E-state index >= 15 is 0 Å². The predicted octanol–water partition coefficient (Wildman–Crippen LogP) is 4.64. The van der Waals surface area contributed by atoms with E-state index in [0.717, 1.165) is 23.2 Å². The SMILES string of the molecule is CCN(CC)S(=O)(=O)c1cccc(-c2n[nH]c(=S)n2[C@H](C)[C@H]2C[C@@H]3CC[C@@H]2C3)c1. The molecule has 1 aromatic heterocycles. The van der Waals surface area contributed by atoms with E-state index in [0.29, 0.717) is 28.7 Å². The topological polar surface area (TPSA) is 71.0 Å². The van der Waals surface area contributed by atoms with Gasteiger partial charge in [0.1, 0.15) is 0 Å². The lowest BCUT2D eigenvalue weighted by molar-refractivity contribution is 0.242. The molecule has 8 heteroatoms. The number of sulfonamides is 1. The Kier molecular flexibility index (Phi) is 5.70. The molecule has 6 nitrogen and oxygen atoms in total.